The minimum Gasteiger partial charge on any atom is -0.313 e. The van der Waals surface area contributed by atoms with Crippen LogP contribution < -0.4 is 5.32 Å². The average Bonchev–Trinajstić information content (AvgIpc) is 2.20. The standard InChI is InChI=1S/C14H30N2/c1-12(2)11-14(4)15-7-10-16-8-5-13(3)6-9-16/h12-15H,5-11H2,1-4H3. The largest absolute Gasteiger partial charge is 0.313 e. The highest BCUT2D eigenvalue weighted by atomic mass is 15.1. The molecule has 0 spiro atoms. The smallest absolute Gasteiger partial charge is 0.0107 e. The second kappa shape index (κ2) is 7.29. The molecule has 0 bridgehead atoms. The fraction of sp³-hybridized carbons (Fsp3) is 1.00. The van der Waals surface area contributed by atoms with E-state index in [-0.39, 0.29) is 0 Å². The zero-order valence-electron chi connectivity index (χ0n) is 11.6. The van der Waals surface area contributed by atoms with Crippen LogP contribution in [0.5, 0.6) is 0 Å². The van der Waals surface area contributed by atoms with Crippen molar-refractivity contribution in [3.8, 4) is 0 Å². The summed E-state index contributed by atoms with van der Waals surface area (Å²) in [5.74, 6) is 1.75. The molecule has 1 saturated heterocycles. The van der Waals surface area contributed by atoms with E-state index in [0.717, 1.165) is 18.4 Å². The molecule has 1 aliphatic heterocycles. The lowest BCUT2D eigenvalue weighted by Gasteiger charge is -2.30. The molecule has 0 radical (unpaired) electrons. The van der Waals surface area contributed by atoms with Gasteiger partial charge in [0.05, 0.1) is 0 Å². The van der Waals surface area contributed by atoms with Gasteiger partial charge in [-0.15, -0.1) is 0 Å². The molecule has 1 fully saturated rings. The van der Waals surface area contributed by atoms with Gasteiger partial charge in [-0.2, -0.15) is 0 Å². The van der Waals surface area contributed by atoms with Gasteiger partial charge in [-0.05, 0) is 51.1 Å². The summed E-state index contributed by atoms with van der Waals surface area (Å²) in [6, 6.07) is 0.670. The van der Waals surface area contributed by atoms with Crippen molar-refractivity contribution in [3.05, 3.63) is 0 Å². The maximum absolute atomic E-state index is 3.63. The minimum atomic E-state index is 0.670. The Hall–Kier alpha value is -0.0800. The van der Waals surface area contributed by atoms with E-state index in [1.807, 2.05) is 0 Å². The van der Waals surface area contributed by atoms with Crippen molar-refractivity contribution in [2.24, 2.45) is 11.8 Å². The van der Waals surface area contributed by atoms with Gasteiger partial charge in [0, 0.05) is 19.1 Å². The first kappa shape index (κ1) is 14.0. The van der Waals surface area contributed by atoms with Crippen LogP contribution in [0.1, 0.15) is 47.0 Å². The molecule has 0 amide bonds. The van der Waals surface area contributed by atoms with E-state index in [0.29, 0.717) is 6.04 Å². The van der Waals surface area contributed by atoms with Crippen LogP contribution >= 0.6 is 0 Å². The number of rotatable bonds is 6. The van der Waals surface area contributed by atoms with Crippen LogP contribution in [0, 0.1) is 11.8 Å². The highest BCUT2D eigenvalue weighted by Gasteiger charge is 2.15. The monoisotopic (exact) mass is 226 g/mol. The molecule has 1 rings (SSSR count). The Balaban J connectivity index is 2.02. The van der Waals surface area contributed by atoms with E-state index in [1.165, 1.54) is 38.9 Å². The number of hydrogen-bond donors (Lipinski definition) is 1. The molecule has 2 nitrogen and oxygen atoms in total. The molecule has 1 heterocycles. The predicted molar refractivity (Wildman–Crippen MR) is 71.8 cm³/mol. The van der Waals surface area contributed by atoms with Gasteiger partial charge in [0.2, 0.25) is 0 Å². The third-order valence-electron chi connectivity index (χ3n) is 3.62. The fourth-order valence-corrected chi connectivity index (χ4v) is 2.55. The lowest BCUT2D eigenvalue weighted by Crippen LogP contribution is -2.40. The van der Waals surface area contributed by atoms with Gasteiger partial charge >= 0.3 is 0 Å². The summed E-state index contributed by atoms with van der Waals surface area (Å²) < 4.78 is 0. The third kappa shape index (κ3) is 5.86. The van der Waals surface area contributed by atoms with E-state index in [9.17, 15) is 0 Å². The van der Waals surface area contributed by atoms with Crippen molar-refractivity contribution < 1.29 is 0 Å². The number of nitrogens with one attached hydrogen (secondary N) is 1. The van der Waals surface area contributed by atoms with Gasteiger partial charge < -0.3 is 10.2 Å². The quantitative estimate of drug-likeness (QED) is 0.749. The van der Waals surface area contributed by atoms with Crippen LogP contribution in [-0.2, 0) is 0 Å². The summed E-state index contributed by atoms with van der Waals surface area (Å²) in [6.07, 6.45) is 4.07. The molecule has 1 aliphatic rings. The van der Waals surface area contributed by atoms with E-state index >= 15 is 0 Å². The molecule has 0 aliphatic carbocycles. The molecule has 0 aromatic carbocycles. The van der Waals surface area contributed by atoms with Gasteiger partial charge in [-0.25, -0.2) is 0 Å². The Morgan fingerprint density at radius 2 is 1.81 bits per heavy atom. The first-order chi connectivity index (χ1) is 7.58. The summed E-state index contributed by atoms with van der Waals surface area (Å²) in [4.78, 5) is 2.61. The Kier molecular flexibility index (Phi) is 6.37. The SMILES string of the molecule is CC(C)CC(C)NCCN1CCC(C)CC1. The molecule has 16 heavy (non-hydrogen) atoms. The van der Waals surface area contributed by atoms with Crippen molar-refractivity contribution in [1.82, 2.24) is 10.2 Å². The maximum Gasteiger partial charge on any atom is 0.0107 e. The van der Waals surface area contributed by atoms with Crippen molar-refractivity contribution in [1.29, 1.82) is 0 Å². The second-order valence-electron chi connectivity index (χ2n) is 6.01. The van der Waals surface area contributed by atoms with Crippen LogP contribution in [0.2, 0.25) is 0 Å². The van der Waals surface area contributed by atoms with Gasteiger partial charge in [-0.3, -0.25) is 0 Å². The number of piperidine rings is 1. The highest BCUT2D eigenvalue weighted by molar-refractivity contribution is 4.71. The number of hydrogen-bond acceptors (Lipinski definition) is 2. The molecular weight excluding hydrogens is 196 g/mol. The molecule has 96 valence electrons. The highest BCUT2D eigenvalue weighted by Crippen LogP contribution is 2.15. The number of likely N-dealkylation sites (tertiary alicyclic amines) is 1. The summed E-state index contributed by atoms with van der Waals surface area (Å²) in [6.45, 7) is 14.3. The Bertz CT molecular complexity index is 172. The van der Waals surface area contributed by atoms with Crippen molar-refractivity contribution in [3.63, 3.8) is 0 Å². The van der Waals surface area contributed by atoms with E-state index < -0.39 is 0 Å². The van der Waals surface area contributed by atoms with Crippen LogP contribution in [0.15, 0.2) is 0 Å². The third-order valence-corrected chi connectivity index (χ3v) is 3.62. The lowest BCUT2D eigenvalue weighted by atomic mass is 9.99. The zero-order chi connectivity index (χ0) is 12.0. The maximum atomic E-state index is 3.63. The molecule has 1 unspecified atom stereocenters. The average molecular weight is 226 g/mol. The first-order valence-corrected chi connectivity index (χ1v) is 7.03. The molecule has 1 atom stereocenters. The Labute approximate surface area is 102 Å². The lowest BCUT2D eigenvalue weighted by molar-refractivity contribution is 0.191. The van der Waals surface area contributed by atoms with E-state index in [1.54, 1.807) is 0 Å². The number of nitrogens with zero attached hydrogens (tertiary/aromatic N) is 1. The van der Waals surface area contributed by atoms with Gasteiger partial charge in [-0.1, -0.05) is 20.8 Å². The molecule has 2 heteroatoms. The predicted octanol–water partition coefficient (Wildman–Crippen LogP) is 2.74. The van der Waals surface area contributed by atoms with Crippen LogP contribution in [0.25, 0.3) is 0 Å². The second-order valence-corrected chi connectivity index (χ2v) is 6.01. The summed E-state index contributed by atoms with van der Waals surface area (Å²) in [5.41, 5.74) is 0. The van der Waals surface area contributed by atoms with E-state index in [2.05, 4.69) is 37.9 Å². The molecule has 1 N–H and O–H groups in total. The van der Waals surface area contributed by atoms with E-state index in [4.69, 9.17) is 0 Å². The van der Waals surface area contributed by atoms with Crippen LogP contribution in [-0.4, -0.2) is 37.1 Å². The molecule has 0 aromatic rings. The van der Waals surface area contributed by atoms with Crippen molar-refractivity contribution >= 4 is 0 Å². The summed E-state index contributed by atoms with van der Waals surface area (Å²) in [7, 11) is 0. The van der Waals surface area contributed by atoms with Crippen LogP contribution in [0.3, 0.4) is 0 Å². The Morgan fingerprint density at radius 3 is 2.38 bits per heavy atom. The zero-order valence-corrected chi connectivity index (χ0v) is 11.6. The molecule has 0 aromatic heterocycles. The van der Waals surface area contributed by atoms with Crippen LogP contribution in [0.4, 0.5) is 0 Å². The Morgan fingerprint density at radius 1 is 1.19 bits per heavy atom. The van der Waals surface area contributed by atoms with Crippen molar-refractivity contribution in [2.75, 3.05) is 26.2 Å². The summed E-state index contributed by atoms with van der Waals surface area (Å²) in [5, 5.41) is 3.63. The fourth-order valence-electron chi connectivity index (χ4n) is 2.55. The summed E-state index contributed by atoms with van der Waals surface area (Å²) >= 11 is 0. The van der Waals surface area contributed by atoms with Gasteiger partial charge in [0.15, 0.2) is 0 Å². The first-order valence-electron chi connectivity index (χ1n) is 7.03. The van der Waals surface area contributed by atoms with Crippen molar-refractivity contribution in [2.45, 2.75) is 53.0 Å². The van der Waals surface area contributed by atoms with Gasteiger partial charge in [0.1, 0.15) is 0 Å². The molecule has 0 saturated carbocycles. The minimum absolute atomic E-state index is 0.670. The molecular formula is C14H30N2. The topological polar surface area (TPSA) is 15.3 Å². The van der Waals surface area contributed by atoms with Gasteiger partial charge in [0.25, 0.3) is 0 Å². The normalized spacial score (nSPS) is 21.6.